The number of thioether (sulfide) groups is 1. The Labute approximate surface area is 194 Å². The van der Waals surface area contributed by atoms with E-state index in [1.807, 2.05) is 4.57 Å². The number of halogens is 2. The average molecular weight is 474 g/mol. The summed E-state index contributed by atoms with van der Waals surface area (Å²) in [5, 5.41) is 14.9. The summed E-state index contributed by atoms with van der Waals surface area (Å²) >= 11 is 7.17. The van der Waals surface area contributed by atoms with Crippen molar-refractivity contribution in [3.05, 3.63) is 83.4 Å². The smallest absolute Gasteiger partial charge is 0.254 e. The Morgan fingerprint density at radius 1 is 1.19 bits per heavy atom. The second-order valence-corrected chi connectivity index (χ2v) is 8.01. The first-order valence-electron chi connectivity index (χ1n) is 9.72. The van der Waals surface area contributed by atoms with Crippen molar-refractivity contribution < 1.29 is 14.0 Å². The van der Waals surface area contributed by atoms with E-state index in [9.17, 15) is 14.0 Å². The molecule has 2 amide bonds. The summed E-state index contributed by atoms with van der Waals surface area (Å²) in [5.74, 6) is -0.522. The third-order valence-corrected chi connectivity index (χ3v) is 5.50. The lowest BCUT2D eigenvalue weighted by molar-refractivity contribution is -0.113. The number of aromatic nitrogens is 3. The van der Waals surface area contributed by atoms with E-state index in [1.54, 1.807) is 36.4 Å². The predicted octanol–water partition coefficient (Wildman–Crippen LogP) is 3.96. The fraction of sp³-hybridized carbons (Fsp3) is 0.182. The second-order valence-electron chi connectivity index (χ2n) is 6.63. The Balaban J connectivity index is 1.56. The van der Waals surface area contributed by atoms with Crippen LogP contribution in [-0.2, 0) is 17.8 Å². The fourth-order valence-electron chi connectivity index (χ4n) is 2.84. The van der Waals surface area contributed by atoms with Crippen LogP contribution in [0.25, 0.3) is 0 Å². The Bertz CT molecular complexity index is 1120. The van der Waals surface area contributed by atoms with Crippen molar-refractivity contribution in [3.8, 4) is 0 Å². The molecule has 2 N–H and O–H groups in total. The van der Waals surface area contributed by atoms with Gasteiger partial charge in [0.15, 0.2) is 5.16 Å². The van der Waals surface area contributed by atoms with Gasteiger partial charge in [-0.1, -0.05) is 47.6 Å². The minimum Gasteiger partial charge on any atom is -0.351 e. The first kappa shape index (κ1) is 23.5. The van der Waals surface area contributed by atoms with Crippen LogP contribution < -0.4 is 10.6 Å². The molecule has 0 radical (unpaired) electrons. The highest BCUT2D eigenvalue weighted by Gasteiger charge is 2.15. The highest BCUT2D eigenvalue weighted by atomic mass is 35.5. The van der Waals surface area contributed by atoms with Crippen LogP contribution in [0, 0.1) is 5.82 Å². The maximum absolute atomic E-state index is 13.7. The van der Waals surface area contributed by atoms with Gasteiger partial charge in [-0.05, 0) is 30.3 Å². The van der Waals surface area contributed by atoms with E-state index in [-0.39, 0.29) is 23.8 Å². The van der Waals surface area contributed by atoms with Crippen LogP contribution >= 0.6 is 23.4 Å². The van der Waals surface area contributed by atoms with Crippen molar-refractivity contribution in [2.75, 3.05) is 17.6 Å². The van der Waals surface area contributed by atoms with Crippen LogP contribution in [0.2, 0.25) is 5.02 Å². The molecule has 0 fully saturated rings. The number of benzene rings is 2. The molecule has 10 heteroatoms. The zero-order valence-corrected chi connectivity index (χ0v) is 18.6. The molecule has 0 unspecified atom stereocenters. The number of hydrogen-bond donors (Lipinski definition) is 2. The number of allylic oxidation sites excluding steroid dienone is 1. The molecule has 0 aliphatic carbocycles. The third kappa shape index (κ3) is 6.41. The minimum atomic E-state index is -0.574. The maximum atomic E-state index is 13.7. The van der Waals surface area contributed by atoms with E-state index in [2.05, 4.69) is 27.4 Å². The van der Waals surface area contributed by atoms with Crippen molar-refractivity contribution in [1.82, 2.24) is 20.1 Å². The van der Waals surface area contributed by atoms with Gasteiger partial charge in [-0.15, -0.1) is 16.8 Å². The average Bonchev–Trinajstić information content (AvgIpc) is 3.14. The number of nitrogens with one attached hydrogen (secondary N) is 2. The largest absolute Gasteiger partial charge is 0.351 e. The number of carbonyl (C=O) groups excluding carboxylic acids is 2. The van der Waals surface area contributed by atoms with Gasteiger partial charge in [0.2, 0.25) is 5.91 Å². The van der Waals surface area contributed by atoms with E-state index < -0.39 is 11.7 Å². The SMILES string of the molecule is C=CCn1c(CCNC(=O)c2ccccc2F)nnc1SCC(=O)Nc1cccc(Cl)c1. The molecule has 0 spiro atoms. The summed E-state index contributed by atoms with van der Waals surface area (Å²) in [6.45, 7) is 4.44. The fourth-order valence-corrected chi connectivity index (χ4v) is 3.80. The molecule has 7 nitrogen and oxygen atoms in total. The van der Waals surface area contributed by atoms with E-state index in [0.717, 1.165) is 0 Å². The zero-order valence-electron chi connectivity index (χ0n) is 17.1. The molecule has 0 aliphatic heterocycles. The van der Waals surface area contributed by atoms with Gasteiger partial charge in [0.1, 0.15) is 11.6 Å². The molecule has 166 valence electrons. The van der Waals surface area contributed by atoms with E-state index >= 15 is 0 Å². The van der Waals surface area contributed by atoms with Crippen LogP contribution in [0.5, 0.6) is 0 Å². The summed E-state index contributed by atoms with van der Waals surface area (Å²) in [7, 11) is 0. The first-order chi connectivity index (χ1) is 15.5. The molecular formula is C22H21ClFN5O2S. The van der Waals surface area contributed by atoms with Crippen molar-refractivity contribution in [2.24, 2.45) is 0 Å². The lowest BCUT2D eigenvalue weighted by Gasteiger charge is -2.09. The molecule has 2 aromatic carbocycles. The van der Waals surface area contributed by atoms with Crippen LogP contribution in [0.15, 0.2) is 66.3 Å². The Morgan fingerprint density at radius 3 is 2.75 bits per heavy atom. The molecule has 0 saturated heterocycles. The summed E-state index contributed by atoms with van der Waals surface area (Å²) in [6.07, 6.45) is 2.08. The zero-order chi connectivity index (χ0) is 22.9. The Hall–Kier alpha value is -3.17. The number of amides is 2. The number of nitrogens with zero attached hydrogens (tertiary/aromatic N) is 3. The molecule has 0 aliphatic rings. The number of rotatable bonds is 10. The summed E-state index contributed by atoms with van der Waals surface area (Å²) in [5.41, 5.74) is 0.601. The van der Waals surface area contributed by atoms with Gasteiger partial charge in [-0.2, -0.15) is 0 Å². The van der Waals surface area contributed by atoms with Crippen LogP contribution in [0.1, 0.15) is 16.2 Å². The van der Waals surface area contributed by atoms with Gasteiger partial charge in [0.25, 0.3) is 5.91 Å². The van der Waals surface area contributed by atoms with Crippen molar-refractivity contribution in [1.29, 1.82) is 0 Å². The topological polar surface area (TPSA) is 88.9 Å². The van der Waals surface area contributed by atoms with Gasteiger partial charge in [-0.25, -0.2) is 4.39 Å². The monoisotopic (exact) mass is 473 g/mol. The van der Waals surface area contributed by atoms with Crippen LogP contribution in [0.4, 0.5) is 10.1 Å². The molecular weight excluding hydrogens is 453 g/mol. The number of carbonyl (C=O) groups is 2. The highest BCUT2D eigenvalue weighted by molar-refractivity contribution is 7.99. The van der Waals surface area contributed by atoms with E-state index in [1.165, 1.54) is 30.0 Å². The van der Waals surface area contributed by atoms with Crippen LogP contribution in [-0.4, -0.2) is 38.9 Å². The predicted molar refractivity (Wildman–Crippen MR) is 123 cm³/mol. The Morgan fingerprint density at radius 2 is 2.00 bits per heavy atom. The number of anilines is 1. The van der Waals surface area contributed by atoms with E-state index in [0.29, 0.717) is 34.7 Å². The molecule has 1 heterocycles. The Kier molecular flexibility index (Phi) is 8.41. The van der Waals surface area contributed by atoms with Gasteiger partial charge >= 0.3 is 0 Å². The second kappa shape index (κ2) is 11.4. The van der Waals surface area contributed by atoms with Gasteiger partial charge in [0.05, 0.1) is 11.3 Å². The lowest BCUT2D eigenvalue weighted by Crippen LogP contribution is -2.27. The quantitative estimate of drug-likeness (QED) is 0.343. The minimum absolute atomic E-state index is 0.0120. The van der Waals surface area contributed by atoms with Crippen LogP contribution in [0.3, 0.4) is 0 Å². The van der Waals surface area contributed by atoms with Crippen molar-refractivity contribution >= 4 is 40.9 Å². The molecule has 3 rings (SSSR count). The molecule has 0 saturated carbocycles. The number of hydrogen-bond acceptors (Lipinski definition) is 5. The van der Waals surface area contributed by atoms with Gasteiger partial charge in [-0.3, -0.25) is 9.59 Å². The molecule has 0 atom stereocenters. The summed E-state index contributed by atoms with van der Waals surface area (Å²) < 4.78 is 15.5. The van der Waals surface area contributed by atoms with Crippen molar-refractivity contribution in [2.45, 2.75) is 18.1 Å². The summed E-state index contributed by atoms with van der Waals surface area (Å²) in [4.78, 5) is 24.4. The maximum Gasteiger partial charge on any atom is 0.254 e. The van der Waals surface area contributed by atoms with Gasteiger partial charge in [0, 0.05) is 30.2 Å². The molecule has 1 aromatic heterocycles. The van der Waals surface area contributed by atoms with E-state index in [4.69, 9.17) is 11.6 Å². The van der Waals surface area contributed by atoms with Crippen molar-refractivity contribution in [3.63, 3.8) is 0 Å². The lowest BCUT2D eigenvalue weighted by atomic mass is 10.2. The standard InChI is InChI=1S/C22H21ClFN5O2S/c1-2-12-29-19(10-11-25-21(31)17-8-3-4-9-18(17)24)27-28-22(29)32-14-20(30)26-16-7-5-6-15(23)13-16/h2-9,13H,1,10-12,14H2,(H,25,31)(H,26,30). The van der Waals surface area contributed by atoms with Gasteiger partial charge < -0.3 is 15.2 Å². The highest BCUT2D eigenvalue weighted by Crippen LogP contribution is 2.19. The normalized spacial score (nSPS) is 10.6. The molecule has 3 aromatic rings. The third-order valence-electron chi connectivity index (χ3n) is 4.30. The molecule has 0 bridgehead atoms. The summed E-state index contributed by atoms with van der Waals surface area (Å²) in [6, 6.07) is 12.7. The first-order valence-corrected chi connectivity index (χ1v) is 11.1. The molecule has 32 heavy (non-hydrogen) atoms.